The number of cyclic esters (lactones) is 1. The van der Waals surface area contributed by atoms with Crippen molar-refractivity contribution < 1.29 is 42.7 Å². The zero-order chi connectivity index (χ0) is 24.9. The first kappa shape index (κ1) is 25.7. The molecule has 0 bridgehead atoms. The molecule has 9 heteroatoms. The molecule has 0 unspecified atom stereocenters. The van der Waals surface area contributed by atoms with E-state index < -0.39 is 30.1 Å². The molecule has 0 radical (unpaired) electrons. The van der Waals surface area contributed by atoms with E-state index in [2.05, 4.69) is 0 Å². The molecule has 1 aromatic rings. The van der Waals surface area contributed by atoms with Crippen LogP contribution >= 0.6 is 0 Å². The van der Waals surface area contributed by atoms with Gasteiger partial charge in [0.15, 0.2) is 29.9 Å². The highest BCUT2D eigenvalue weighted by Gasteiger charge is 2.43. The fraction of sp³-hybridized carbons (Fsp3) is 0.520. The van der Waals surface area contributed by atoms with Crippen LogP contribution in [0.2, 0.25) is 0 Å². The number of esters is 1. The fourth-order valence-electron chi connectivity index (χ4n) is 3.95. The molecule has 1 saturated heterocycles. The van der Waals surface area contributed by atoms with Crippen molar-refractivity contribution in [3.63, 3.8) is 0 Å². The van der Waals surface area contributed by atoms with Crippen molar-refractivity contribution in [3.8, 4) is 17.2 Å². The van der Waals surface area contributed by atoms with E-state index in [4.69, 9.17) is 33.2 Å². The lowest BCUT2D eigenvalue weighted by molar-refractivity contribution is -0.154. The van der Waals surface area contributed by atoms with Gasteiger partial charge < -0.3 is 33.2 Å². The van der Waals surface area contributed by atoms with E-state index in [9.17, 15) is 9.59 Å². The van der Waals surface area contributed by atoms with Crippen LogP contribution in [0.1, 0.15) is 49.5 Å². The van der Waals surface area contributed by atoms with E-state index in [0.29, 0.717) is 17.7 Å². The highest BCUT2D eigenvalue weighted by molar-refractivity contribution is 5.98. The van der Waals surface area contributed by atoms with Crippen LogP contribution in [0.25, 0.3) is 6.08 Å². The number of carbonyl (C=O) groups is 2. The normalized spacial score (nSPS) is 24.6. The van der Waals surface area contributed by atoms with E-state index >= 15 is 0 Å². The molecule has 0 aromatic heterocycles. The van der Waals surface area contributed by atoms with Crippen LogP contribution in [0.3, 0.4) is 0 Å². The zero-order valence-electron chi connectivity index (χ0n) is 20.4. The molecule has 186 valence electrons. The summed E-state index contributed by atoms with van der Waals surface area (Å²) in [5.41, 5.74) is 0.655. The van der Waals surface area contributed by atoms with Crippen LogP contribution in [0, 0.1) is 0 Å². The molecule has 34 heavy (non-hydrogen) atoms. The minimum absolute atomic E-state index is 0.0992. The van der Waals surface area contributed by atoms with Crippen LogP contribution in [0.4, 0.5) is 0 Å². The predicted molar refractivity (Wildman–Crippen MR) is 123 cm³/mol. The fourth-order valence-corrected chi connectivity index (χ4v) is 3.95. The smallest absolute Gasteiger partial charge is 0.343 e. The van der Waals surface area contributed by atoms with Gasteiger partial charge in [0.05, 0.1) is 20.3 Å². The third-order valence-corrected chi connectivity index (χ3v) is 5.37. The number of ether oxygens (including phenoxy) is 7. The van der Waals surface area contributed by atoms with Crippen molar-refractivity contribution in [2.75, 3.05) is 28.1 Å². The second-order valence-electron chi connectivity index (χ2n) is 8.40. The van der Waals surface area contributed by atoms with Crippen molar-refractivity contribution >= 4 is 17.8 Å². The van der Waals surface area contributed by atoms with Gasteiger partial charge in [-0.2, -0.15) is 0 Å². The predicted octanol–water partition coefficient (Wildman–Crippen LogP) is 3.68. The monoisotopic (exact) mass is 476 g/mol. The molecule has 0 saturated carbocycles. The molecular formula is C25H32O9. The zero-order valence-corrected chi connectivity index (χ0v) is 20.4. The molecule has 0 amide bonds. The molecular weight excluding hydrogens is 444 g/mol. The van der Waals surface area contributed by atoms with E-state index in [1.165, 1.54) is 21.3 Å². The van der Waals surface area contributed by atoms with Gasteiger partial charge in [-0.3, -0.25) is 4.79 Å². The lowest BCUT2D eigenvalue weighted by atomic mass is 10.0. The van der Waals surface area contributed by atoms with Crippen LogP contribution < -0.4 is 14.2 Å². The van der Waals surface area contributed by atoms with Gasteiger partial charge in [-0.05, 0) is 44.9 Å². The number of carbonyl (C=O) groups excluding carboxylic acids is 2. The summed E-state index contributed by atoms with van der Waals surface area (Å²) in [7, 11) is 4.42. The molecule has 9 nitrogen and oxygen atoms in total. The van der Waals surface area contributed by atoms with Gasteiger partial charge in [0.25, 0.3) is 0 Å². The summed E-state index contributed by atoms with van der Waals surface area (Å²) in [5, 5.41) is 0. The van der Waals surface area contributed by atoms with Crippen molar-refractivity contribution in [1.29, 1.82) is 0 Å². The van der Waals surface area contributed by atoms with Gasteiger partial charge in [0.1, 0.15) is 17.8 Å². The van der Waals surface area contributed by atoms with Gasteiger partial charge in [0.2, 0.25) is 5.75 Å². The first-order chi connectivity index (χ1) is 16.2. The number of ketones is 1. The van der Waals surface area contributed by atoms with Gasteiger partial charge in [-0.15, -0.1) is 0 Å². The maximum Gasteiger partial charge on any atom is 0.343 e. The van der Waals surface area contributed by atoms with Crippen LogP contribution in [-0.4, -0.2) is 64.0 Å². The average molecular weight is 477 g/mol. The van der Waals surface area contributed by atoms with Crippen molar-refractivity contribution in [3.05, 3.63) is 35.4 Å². The minimum atomic E-state index is -0.876. The number of methoxy groups -OCH3 is 3. The van der Waals surface area contributed by atoms with E-state index in [0.717, 1.165) is 0 Å². The van der Waals surface area contributed by atoms with Crippen LogP contribution in [-0.2, 0) is 23.7 Å². The molecule has 2 aliphatic rings. The number of allylic oxidation sites excluding steroid dienone is 1. The Balaban J connectivity index is 2.11. The lowest BCUT2D eigenvalue weighted by Gasteiger charge is -2.20. The highest BCUT2D eigenvalue weighted by atomic mass is 16.8. The Morgan fingerprint density at radius 3 is 2.50 bits per heavy atom. The Morgan fingerprint density at radius 1 is 1.06 bits per heavy atom. The third kappa shape index (κ3) is 5.78. The molecule has 3 atom stereocenters. The number of hydrogen-bond donors (Lipinski definition) is 0. The number of Topliss-reactive ketones (excluding diaryl/α,β-unsaturated/α-hetero) is 1. The minimum Gasteiger partial charge on any atom is -0.493 e. The lowest BCUT2D eigenvalue weighted by Crippen LogP contribution is -2.31. The Hall–Kier alpha value is -2.88. The second kappa shape index (κ2) is 11.0. The Bertz CT molecular complexity index is 964. The third-order valence-electron chi connectivity index (χ3n) is 5.37. The quantitative estimate of drug-likeness (QED) is 0.358. The standard InChI is InChI=1S/C25H32O9/c1-15-9-7-11-17(26)21-18(33-25(2,3)34-21)12-8-10-16-13-19(29-5)22(30-6)23(31-14-28-4)20(16)24(27)32-15/h7-10,13,15,18,21H,11-12,14H2,1-6H3/t15-,18-,21+/m0/s1. The topological polar surface area (TPSA) is 98.8 Å². The molecule has 3 rings (SSSR count). The summed E-state index contributed by atoms with van der Waals surface area (Å²) in [4.78, 5) is 26.0. The maximum atomic E-state index is 13.3. The number of rotatable bonds is 5. The summed E-state index contributed by atoms with van der Waals surface area (Å²) in [6, 6.07) is 1.66. The number of fused-ring (bicyclic) bond motifs is 2. The largest absolute Gasteiger partial charge is 0.493 e. The summed E-state index contributed by atoms with van der Waals surface area (Å²) < 4.78 is 39.2. The van der Waals surface area contributed by atoms with E-state index in [1.54, 1.807) is 45.1 Å². The average Bonchev–Trinajstić information content (AvgIpc) is 3.10. The Morgan fingerprint density at radius 2 is 1.82 bits per heavy atom. The molecule has 1 fully saturated rings. The second-order valence-corrected chi connectivity index (χ2v) is 8.40. The molecule has 2 heterocycles. The summed E-state index contributed by atoms with van der Waals surface area (Å²) in [6.45, 7) is 5.15. The molecule has 0 aliphatic carbocycles. The van der Waals surface area contributed by atoms with Gasteiger partial charge in [0, 0.05) is 13.5 Å². The summed E-state index contributed by atoms with van der Waals surface area (Å²) in [5.74, 6) is -0.837. The number of hydrogen-bond acceptors (Lipinski definition) is 9. The van der Waals surface area contributed by atoms with Crippen molar-refractivity contribution in [1.82, 2.24) is 0 Å². The van der Waals surface area contributed by atoms with Crippen molar-refractivity contribution in [2.24, 2.45) is 0 Å². The van der Waals surface area contributed by atoms with Gasteiger partial charge in [-0.25, -0.2) is 4.79 Å². The molecule has 0 N–H and O–H groups in total. The van der Waals surface area contributed by atoms with Gasteiger partial charge >= 0.3 is 5.97 Å². The number of benzene rings is 1. The first-order valence-electron chi connectivity index (χ1n) is 11.0. The molecule has 0 spiro atoms. The Kier molecular flexibility index (Phi) is 8.35. The summed E-state index contributed by atoms with van der Waals surface area (Å²) in [6.07, 6.45) is 5.64. The first-order valence-corrected chi connectivity index (χ1v) is 11.0. The van der Waals surface area contributed by atoms with E-state index in [1.807, 2.05) is 6.08 Å². The highest BCUT2D eigenvalue weighted by Crippen LogP contribution is 2.43. The Labute approximate surface area is 199 Å². The van der Waals surface area contributed by atoms with E-state index in [-0.39, 0.29) is 36.1 Å². The molecule has 1 aromatic carbocycles. The van der Waals surface area contributed by atoms with Crippen LogP contribution in [0.5, 0.6) is 17.2 Å². The molecule has 2 aliphatic heterocycles. The SMILES string of the molecule is COCOc1c(OC)c(OC)cc2c1C(=O)O[C@@H](C)C=CCC(=O)[C@H]1OC(C)(C)O[C@H]1CC=C2. The maximum absolute atomic E-state index is 13.3. The van der Waals surface area contributed by atoms with Crippen molar-refractivity contribution in [2.45, 2.75) is 57.7 Å². The summed E-state index contributed by atoms with van der Waals surface area (Å²) >= 11 is 0. The van der Waals surface area contributed by atoms with Crippen LogP contribution in [0.15, 0.2) is 24.3 Å². The van der Waals surface area contributed by atoms with Gasteiger partial charge in [-0.1, -0.05) is 18.2 Å².